The third kappa shape index (κ3) is 4.15. The summed E-state index contributed by atoms with van der Waals surface area (Å²) >= 11 is 0. The van der Waals surface area contributed by atoms with E-state index >= 15 is 0 Å². The fraction of sp³-hybridized carbons (Fsp3) is 0.789. The van der Waals surface area contributed by atoms with Gasteiger partial charge < -0.3 is 10.2 Å². The number of rotatable bonds is 10. The first-order valence-electron chi connectivity index (χ1n) is 8.94. The molecule has 0 amide bonds. The van der Waals surface area contributed by atoms with Crippen molar-refractivity contribution in [3.05, 3.63) is 12.2 Å². The molecule has 0 radical (unpaired) electrons. The molecule has 0 aromatic rings. The van der Waals surface area contributed by atoms with E-state index in [0.717, 1.165) is 25.7 Å². The number of carboxylic acids is 2. The summed E-state index contributed by atoms with van der Waals surface area (Å²) in [6.07, 6.45) is 9.90. The molecule has 0 aromatic heterocycles. The number of allylic oxidation sites excluding steroid dienone is 2. The molecule has 23 heavy (non-hydrogen) atoms. The molecule has 132 valence electrons. The lowest BCUT2D eigenvalue weighted by Crippen LogP contribution is -2.53. The molecular weight excluding hydrogens is 292 g/mol. The van der Waals surface area contributed by atoms with Crippen LogP contribution in [0.1, 0.15) is 78.6 Å². The van der Waals surface area contributed by atoms with Crippen molar-refractivity contribution in [1.29, 1.82) is 0 Å². The van der Waals surface area contributed by atoms with Gasteiger partial charge >= 0.3 is 11.9 Å². The zero-order chi connectivity index (χ0) is 17.5. The second-order valence-corrected chi connectivity index (χ2v) is 7.40. The van der Waals surface area contributed by atoms with Crippen molar-refractivity contribution in [3.8, 4) is 0 Å². The molecule has 0 aliphatic heterocycles. The fourth-order valence-corrected chi connectivity index (χ4v) is 4.02. The van der Waals surface area contributed by atoms with Crippen LogP contribution in [0.2, 0.25) is 0 Å². The van der Waals surface area contributed by atoms with E-state index in [2.05, 4.69) is 13.8 Å². The Bertz CT molecular complexity index is 441. The minimum atomic E-state index is -1.17. The maximum absolute atomic E-state index is 12.1. The maximum Gasteiger partial charge on any atom is 0.311 e. The summed E-state index contributed by atoms with van der Waals surface area (Å²) in [5, 5.41) is 19.8. The van der Waals surface area contributed by atoms with Gasteiger partial charge in [0.15, 0.2) is 0 Å². The predicted molar refractivity (Wildman–Crippen MR) is 91.3 cm³/mol. The Morgan fingerprint density at radius 3 is 1.91 bits per heavy atom. The molecule has 2 atom stereocenters. The van der Waals surface area contributed by atoms with Crippen molar-refractivity contribution in [1.82, 2.24) is 0 Å². The lowest BCUT2D eigenvalue weighted by atomic mass is 9.54. The van der Waals surface area contributed by atoms with E-state index in [-0.39, 0.29) is 0 Å². The maximum atomic E-state index is 12.1. The van der Waals surface area contributed by atoms with Crippen LogP contribution in [0, 0.1) is 16.7 Å². The van der Waals surface area contributed by atoms with Gasteiger partial charge in [-0.25, -0.2) is 0 Å². The highest BCUT2D eigenvalue weighted by Gasteiger charge is 2.60. The summed E-state index contributed by atoms with van der Waals surface area (Å²) in [6, 6.07) is 0. The summed E-state index contributed by atoms with van der Waals surface area (Å²) in [5.41, 5.74) is -2.33. The molecule has 4 nitrogen and oxygen atoms in total. The predicted octanol–water partition coefficient (Wildman–Crippen LogP) is 4.89. The van der Waals surface area contributed by atoms with Crippen LogP contribution in [0.5, 0.6) is 0 Å². The average Bonchev–Trinajstić information content (AvgIpc) is 2.47. The molecule has 0 saturated carbocycles. The van der Waals surface area contributed by atoms with Gasteiger partial charge in [0.2, 0.25) is 0 Å². The van der Waals surface area contributed by atoms with Crippen LogP contribution >= 0.6 is 0 Å². The van der Waals surface area contributed by atoms with E-state index < -0.39 is 22.8 Å². The van der Waals surface area contributed by atoms with Gasteiger partial charge in [-0.1, -0.05) is 65.0 Å². The molecule has 0 heterocycles. The molecule has 2 unspecified atom stereocenters. The summed E-state index contributed by atoms with van der Waals surface area (Å²) < 4.78 is 0. The monoisotopic (exact) mass is 324 g/mol. The van der Waals surface area contributed by atoms with Crippen LogP contribution in [0.15, 0.2) is 12.2 Å². The summed E-state index contributed by atoms with van der Waals surface area (Å²) in [4.78, 5) is 24.2. The number of unbranched alkanes of at least 4 members (excludes halogenated alkanes) is 2. The summed E-state index contributed by atoms with van der Waals surface area (Å²) in [7, 11) is 0. The molecule has 1 aliphatic carbocycles. The number of hydrogen-bond acceptors (Lipinski definition) is 2. The zero-order valence-electron chi connectivity index (χ0n) is 14.8. The quantitative estimate of drug-likeness (QED) is 0.443. The third-order valence-corrected chi connectivity index (χ3v) is 5.40. The largest absolute Gasteiger partial charge is 0.481 e. The molecule has 4 heteroatoms. The highest BCUT2D eigenvalue weighted by molar-refractivity contribution is 5.87. The van der Waals surface area contributed by atoms with E-state index in [9.17, 15) is 19.8 Å². The minimum absolute atomic E-state index is 0.328. The Kier molecular flexibility index (Phi) is 7.30. The number of carbonyl (C=O) groups is 2. The van der Waals surface area contributed by atoms with Crippen LogP contribution in [0.25, 0.3) is 0 Å². The Balaban J connectivity index is 2.96. The standard InChI is InChI=1S/C19H32O4/c1-4-11-18(16(20)21)13-8-9-14-19(18,17(22)23)12-7-5-6-10-15(2)3/h8-9,15H,4-7,10-14H2,1-3H3,(H,20,21)(H,22,23). The first kappa shape index (κ1) is 19.7. The van der Waals surface area contributed by atoms with Crippen LogP contribution in [0.3, 0.4) is 0 Å². The number of carboxylic acid groups (broad SMARTS) is 2. The zero-order valence-corrected chi connectivity index (χ0v) is 14.8. The van der Waals surface area contributed by atoms with E-state index in [0.29, 0.717) is 38.0 Å². The lowest BCUT2D eigenvalue weighted by molar-refractivity contribution is -0.177. The molecule has 1 rings (SSSR count). The first-order valence-corrected chi connectivity index (χ1v) is 8.94. The van der Waals surface area contributed by atoms with Crippen LogP contribution in [0.4, 0.5) is 0 Å². The molecule has 0 bridgehead atoms. The molecule has 0 spiro atoms. The van der Waals surface area contributed by atoms with Gasteiger partial charge in [0.1, 0.15) is 0 Å². The molecule has 0 saturated heterocycles. The summed E-state index contributed by atoms with van der Waals surface area (Å²) in [6.45, 7) is 6.29. The Morgan fingerprint density at radius 1 is 0.957 bits per heavy atom. The molecule has 2 N–H and O–H groups in total. The van der Waals surface area contributed by atoms with Gasteiger partial charge in [-0.05, 0) is 31.6 Å². The molecule has 1 aliphatic rings. The van der Waals surface area contributed by atoms with E-state index in [4.69, 9.17) is 0 Å². The van der Waals surface area contributed by atoms with E-state index in [1.807, 2.05) is 19.1 Å². The molecular formula is C19H32O4. The van der Waals surface area contributed by atoms with Crippen molar-refractivity contribution in [3.63, 3.8) is 0 Å². The van der Waals surface area contributed by atoms with Crippen molar-refractivity contribution < 1.29 is 19.8 Å². The van der Waals surface area contributed by atoms with Crippen molar-refractivity contribution in [2.24, 2.45) is 16.7 Å². The second-order valence-electron chi connectivity index (χ2n) is 7.40. The first-order chi connectivity index (χ1) is 10.8. The highest BCUT2D eigenvalue weighted by Crippen LogP contribution is 2.54. The normalized spacial score (nSPS) is 27.3. The van der Waals surface area contributed by atoms with E-state index in [1.54, 1.807) is 0 Å². The number of aliphatic carboxylic acids is 2. The van der Waals surface area contributed by atoms with Crippen molar-refractivity contribution in [2.45, 2.75) is 78.6 Å². The molecule has 0 fully saturated rings. The lowest BCUT2D eigenvalue weighted by Gasteiger charge is -2.46. The fourth-order valence-electron chi connectivity index (χ4n) is 4.02. The minimum Gasteiger partial charge on any atom is -0.481 e. The smallest absolute Gasteiger partial charge is 0.311 e. The highest BCUT2D eigenvalue weighted by atomic mass is 16.4. The Labute approximate surface area is 140 Å². The topological polar surface area (TPSA) is 74.6 Å². The van der Waals surface area contributed by atoms with Crippen molar-refractivity contribution >= 4 is 11.9 Å². The molecule has 0 aromatic carbocycles. The SMILES string of the molecule is CCCC1(C(=O)O)CC=CCC1(CCCCCC(C)C)C(=O)O. The van der Waals surface area contributed by atoms with Crippen LogP contribution in [-0.4, -0.2) is 22.2 Å². The van der Waals surface area contributed by atoms with Gasteiger partial charge in [0.25, 0.3) is 0 Å². The second kappa shape index (κ2) is 8.51. The Hall–Kier alpha value is -1.32. The van der Waals surface area contributed by atoms with Crippen LogP contribution in [-0.2, 0) is 9.59 Å². The van der Waals surface area contributed by atoms with Gasteiger partial charge in [-0.3, -0.25) is 9.59 Å². The van der Waals surface area contributed by atoms with Crippen LogP contribution < -0.4 is 0 Å². The van der Waals surface area contributed by atoms with Gasteiger partial charge in [0, 0.05) is 0 Å². The number of hydrogen-bond donors (Lipinski definition) is 2. The van der Waals surface area contributed by atoms with Crippen molar-refractivity contribution in [2.75, 3.05) is 0 Å². The van der Waals surface area contributed by atoms with E-state index in [1.165, 1.54) is 0 Å². The third-order valence-electron chi connectivity index (χ3n) is 5.40. The van der Waals surface area contributed by atoms with Gasteiger partial charge in [-0.2, -0.15) is 0 Å². The van der Waals surface area contributed by atoms with Gasteiger partial charge in [0.05, 0.1) is 10.8 Å². The summed E-state index contributed by atoms with van der Waals surface area (Å²) in [5.74, 6) is -1.24. The Morgan fingerprint density at radius 2 is 1.48 bits per heavy atom. The average molecular weight is 324 g/mol. The van der Waals surface area contributed by atoms with Gasteiger partial charge in [-0.15, -0.1) is 0 Å².